The van der Waals surface area contributed by atoms with E-state index in [1.807, 2.05) is 19.9 Å². The van der Waals surface area contributed by atoms with Gasteiger partial charge in [-0.05, 0) is 19.9 Å². The Kier molecular flexibility index (Phi) is 2.15. The van der Waals surface area contributed by atoms with Crippen molar-refractivity contribution in [2.45, 2.75) is 13.8 Å². The molecule has 0 fully saturated rings. The van der Waals surface area contributed by atoms with Gasteiger partial charge in [0.05, 0.1) is 6.20 Å². The van der Waals surface area contributed by atoms with Crippen LogP contribution >= 0.6 is 0 Å². The van der Waals surface area contributed by atoms with Crippen molar-refractivity contribution in [1.82, 2.24) is 19.9 Å². The first-order valence-electron chi connectivity index (χ1n) is 4.67. The molecule has 0 unspecified atom stereocenters. The van der Waals surface area contributed by atoms with E-state index >= 15 is 0 Å². The van der Waals surface area contributed by atoms with Gasteiger partial charge in [0.15, 0.2) is 5.65 Å². The molecule has 2 aromatic heterocycles. The molecule has 0 spiro atoms. The molecule has 78 valence electrons. The monoisotopic (exact) mass is 204 g/mol. The highest BCUT2D eigenvalue weighted by Gasteiger charge is 2.13. The fourth-order valence-corrected chi connectivity index (χ4v) is 1.57. The summed E-state index contributed by atoms with van der Waals surface area (Å²) in [6.07, 6.45) is 1.54. The van der Waals surface area contributed by atoms with Gasteiger partial charge in [-0.15, -0.1) is 0 Å². The van der Waals surface area contributed by atoms with Crippen LogP contribution in [0.3, 0.4) is 0 Å². The van der Waals surface area contributed by atoms with E-state index in [1.54, 1.807) is 11.6 Å². The summed E-state index contributed by atoms with van der Waals surface area (Å²) in [6, 6.07) is 1.92. The van der Waals surface area contributed by atoms with Gasteiger partial charge in [-0.2, -0.15) is 5.10 Å². The number of carbonyl (C=O) groups is 1. The second-order valence-corrected chi connectivity index (χ2v) is 3.41. The van der Waals surface area contributed by atoms with Crippen LogP contribution in [0.25, 0.3) is 5.65 Å². The minimum Gasteiger partial charge on any atom is -0.355 e. The van der Waals surface area contributed by atoms with Crippen molar-refractivity contribution in [3.8, 4) is 0 Å². The third-order valence-electron chi connectivity index (χ3n) is 2.25. The molecule has 1 amide bonds. The lowest BCUT2D eigenvalue weighted by atomic mass is 10.3. The number of carbonyl (C=O) groups excluding carboxylic acids is 1. The Balaban J connectivity index is 2.74. The average molecular weight is 204 g/mol. The smallest absolute Gasteiger partial charge is 0.256 e. The average Bonchev–Trinajstić information content (AvgIpc) is 2.60. The zero-order valence-corrected chi connectivity index (χ0v) is 8.90. The van der Waals surface area contributed by atoms with Crippen molar-refractivity contribution >= 4 is 11.6 Å². The zero-order chi connectivity index (χ0) is 11.0. The summed E-state index contributed by atoms with van der Waals surface area (Å²) in [4.78, 5) is 15.8. The lowest BCUT2D eigenvalue weighted by Crippen LogP contribution is -2.17. The highest BCUT2D eigenvalue weighted by Crippen LogP contribution is 2.11. The standard InChI is InChI=1S/C10H12N4O/c1-6-4-7(2)14-9(13-6)8(5-12-14)10(15)11-3/h4-5H,1-3H3,(H,11,15). The van der Waals surface area contributed by atoms with Gasteiger partial charge in [0.2, 0.25) is 0 Å². The fraction of sp³-hybridized carbons (Fsp3) is 0.300. The number of aryl methyl sites for hydroxylation is 2. The maximum atomic E-state index is 11.5. The van der Waals surface area contributed by atoms with Crippen LogP contribution in [0.15, 0.2) is 12.3 Å². The van der Waals surface area contributed by atoms with Crippen molar-refractivity contribution in [3.05, 3.63) is 29.2 Å². The van der Waals surface area contributed by atoms with Gasteiger partial charge in [0.25, 0.3) is 5.91 Å². The maximum absolute atomic E-state index is 11.5. The summed E-state index contributed by atoms with van der Waals surface area (Å²) in [5.41, 5.74) is 2.95. The third kappa shape index (κ3) is 1.45. The fourth-order valence-electron chi connectivity index (χ4n) is 1.57. The molecule has 0 bridgehead atoms. The van der Waals surface area contributed by atoms with Crippen molar-refractivity contribution < 1.29 is 4.79 Å². The molecule has 0 saturated carbocycles. The lowest BCUT2D eigenvalue weighted by Gasteiger charge is -2.01. The van der Waals surface area contributed by atoms with Crippen LogP contribution in [-0.4, -0.2) is 27.6 Å². The Morgan fingerprint density at radius 2 is 2.20 bits per heavy atom. The molecule has 1 N–H and O–H groups in total. The Morgan fingerprint density at radius 1 is 1.47 bits per heavy atom. The van der Waals surface area contributed by atoms with Crippen LogP contribution in [0.1, 0.15) is 21.7 Å². The van der Waals surface area contributed by atoms with E-state index in [0.717, 1.165) is 11.4 Å². The number of nitrogens with zero attached hydrogens (tertiary/aromatic N) is 3. The molecule has 2 aromatic rings. The van der Waals surface area contributed by atoms with Crippen LogP contribution in [0.4, 0.5) is 0 Å². The van der Waals surface area contributed by atoms with E-state index in [1.165, 1.54) is 6.20 Å². The van der Waals surface area contributed by atoms with Crippen LogP contribution in [-0.2, 0) is 0 Å². The minimum absolute atomic E-state index is 0.164. The van der Waals surface area contributed by atoms with Crippen molar-refractivity contribution in [1.29, 1.82) is 0 Å². The van der Waals surface area contributed by atoms with E-state index in [2.05, 4.69) is 15.4 Å². The maximum Gasteiger partial charge on any atom is 0.256 e. The molecule has 5 nitrogen and oxygen atoms in total. The zero-order valence-electron chi connectivity index (χ0n) is 8.90. The summed E-state index contributed by atoms with van der Waals surface area (Å²) in [5, 5.41) is 6.69. The topological polar surface area (TPSA) is 59.3 Å². The van der Waals surface area contributed by atoms with E-state index in [-0.39, 0.29) is 5.91 Å². The van der Waals surface area contributed by atoms with Crippen molar-refractivity contribution in [2.75, 3.05) is 7.05 Å². The van der Waals surface area contributed by atoms with Gasteiger partial charge in [-0.25, -0.2) is 9.50 Å². The molecule has 2 heterocycles. The molecule has 0 aromatic carbocycles. The number of nitrogens with one attached hydrogen (secondary N) is 1. The Morgan fingerprint density at radius 3 is 2.87 bits per heavy atom. The summed E-state index contributed by atoms with van der Waals surface area (Å²) in [7, 11) is 1.59. The Bertz CT molecular complexity index is 529. The number of aromatic nitrogens is 3. The summed E-state index contributed by atoms with van der Waals surface area (Å²) in [6.45, 7) is 3.83. The van der Waals surface area contributed by atoms with Gasteiger partial charge in [0, 0.05) is 18.4 Å². The summed E-state index contributed by atoms with van der Waals surface area (Å²) >= 11 is 0. The second-order valence-electron chi connectivity index (χ2n) is 3.41. The first-order valence-corrected chi connectivity index (χ1v) is 4.67. The van der Waals surface area contributed by atoms with E-state index in [9.17, 15) is 4.79 Å². The van der Waals surface area contributed by atoms with Crippen LogP contribution in [0.5, 0.6) is 0 Å². The van der Waals surface area contributed by atoms with Gasteiger partial charge in [-0.3, -0.25) is 4.79 Å². The van der Waals surface area contributed by atoms with E-state index in [0.29, 0.717) is 11.2 Å². The highest BCUT2D eigenvalue weighted by atomic mass is 16.1. The molecular weight excluding hydrogens is 192 g/mol. The van der Waals surface area contributed by atoms with Gasteiger partial charge in [-0.1, -0.05) is 0 Å². The van der Waals surface area contributed by atoms with Gasteiger partial charge < -0.3 is 5.32 Å². The molecule has 15 heavy (non-hydrogen) atoms. The Hall–Kier alpha value is -1.91. The van der Waals surface area contributed by atoms with E-state index < -0.39 is 0 Å². The van der Waals surface area contributed by atoms with Gasteiger partial charge in [0.1, 0.15) is 5.56 Å². The predicted molar refractivity (Wildman–Crippen MR) is 55.9 cm³/mol. The normalized spacial score (nSPS) is 10.6. The minimum atomic E-state index is -0.164. The van der Waals surface area contributed by atoms with Crippen LogP contribution in [0.2, 0.25) is 0 Å². The molecule has 0 radical (unpaired) electrons. The molecule has 0 aliphatic heterocycles. The third-order valence-corrected chi connectivity index (χ3v) is 2.25. The Labute approximate surface area is 87.1 Å². The predicted octanol–water partition coefficient (Wildman–Crippen LogP) is 0.706. The first kappa shape index (κ1) is 9.64. The molecule has 0 atom stereocenters. The van der Waals surface area contributed by atoms with E-state index in [4.69, 9.17) is 0 Å². The molecule has 0 aliphatic rings. The lowest BCUT2D eigenvalue weighted by molar-refractivity contribution is 0.0964. The first-order chi connectivity index (χ1) is 7.13. The molecule has 2 rings (SSSR count). The van der Waals surface area contributed by atoms with Crippen molar-refractivity contribution in [3.63, 3.8) is 0 Å². The van der Waals surface area contributed by atoms with Crippen molar-refractivity contribution in [2.24, 2.45) is 0 Å². The van der Waals surface area contributed by atoms with Crippen LogP contribution in [0, 0.1) is 13.8 Å². The number of fused-ring (bicyclic) bond motifs is 1. The number of hydrogen-bond acceptors (Lipinski definition) is 3. The SMILES string of the molecule is CNC(=O)c1cnn2c(C)cc(C)nc12. The van der Waals surface area contributed by atoms with Gasteiger partial charge >= 0.3 is 0 Å². The molecule has 5 heteroatoms. The largest absolute Gasteiger partial charge is 0.355 e. The number of rotatable bonds is 1. The molecular formula is C10H12N4O. The second kappa shape index (κ2) is 3.34. The molecule has 0 saturated heterocycles. The number of hydrogen-bond donors (Lipinski definition) is 1. The summed E-state index contributed by atoms with van der Waals surface area (Å²) in [5.74, 6) is -0.164. The van der Waals surface area contributed by atoms with Crippen LogP contribution < -0.4 is 5.32 Å². The summed E-state index contributed by atoms with van der Waals surface area (Å²) < 4.78 is 1.66. The quantitative estimate of drug-likeness (QED) is 0.744. The number of amides is 1. The highest BCUT2D eigenvalue weighted by molar-refractivity contribution is 5.99. The molecule has 0 aliphatic carbocycles.